The van der Waals surface area contributed by atoms with Crippen LogP contribution in [-0.4, -0.2) is 13.7 Å². The second kappa shape index (κ2) is 12.1. The van der Waals surface area contributed by atoms with Crippen LogP contribution in [0.25, 0.3) is 0 Å². The van der Waals surface area contributed by atoms with Gasteiger partial charge in [-0.15, -0.1) is 0 Å². The minimum Gasteiger partial charge on any atom is -0.497 e. The Morgan fingerprint density at radius 2 is 1.68 bits per heavy atom. The lowest BCUT2D eigenvalue weighted by molar-refractivity contribution is 0.298. The van der Waals surface area contributed by atoms with Crippen LogP contribution in [0.4, 0.5) is 4.39 Å². The van der Waals surface area contributed by atoms with E-state index in [0.29, 0.717) is 19.1 Å². The molecule has 0 aromatic heterocycles. The van der Waals surface area contributed by atoms with Gasteiger partial charge in [0.1, 0.15) is 23.9 Å². The minimum absolute atomic E-state index is 0.184. The number of hydrogen-bond acceptors (Lipinski definition) is 3. The van der Waals surface area contributed by atoms with E-state index in [2.05, 4.69) is 18.2 Å². The predicted octanol–water partition coefficient (Wildman–Crippen LogP) is 5.94. The number of unbranched alkanes of at least 4 members (excludes halogenated alkanes) is 1. The summed E-state index contributed by atoms with van der Waals surface area (Å²) < 4.78 is 24.6. The van der Waals surface area contributed by atoms with Crippen LogP contribution in [0.15, 0.2) is 72.8 Å². The number of halogens is 1. The molecule has 0 fully saturated rings. The molecule has 4 heteroatoms. The summed E-state index contributed by atoms with van der Waals surface area (Å²) in [6.45, 7) is 1.16. The number of methoxy groups -OCH3 is 1. The molecule has 3 nitrogen and oxygen atoms in total. The van der Waals surface area contributed by atoms with Crippen molar-refractivity contribution in [2.75, 3.05) is 13.7 Å². The summed E-state index contributed by atoms with van der Waals surface area (Å²) in [7, 11) is 1.67. The molecule has 0 bridgehead atoms. The lowest BCUT2D eigenvalue weighted by Gasteiger charge is -2.18. The van der Waals surface area contributed by atoms with E-state index in [1.165, 1.54) is 17.7 Å². The Morgan fingerprint density at radius 3 is 2.39 bits per heavy atom. The molecule has 0 aliphatic carbocycles. The Bertz CT molecular complexity index is 912. The predicted molar refractivity (Wildman–Crippen MR) is 124 cm³/mol. The van der Waals surface area contributed by atoms with E-state index in [0.717, 1.165) is 54.7 Å². The fourth-order valence-electron chi connectivity index (χ4n) is 3.73. The summed E-state index contributed by atoms with van der Waals surface area (Å²) in [6.07, 6.45) is 5.06. The number of nitrogens with two attached hydrogens (primary N) is 1. The summed E-state index contributed by atoms with van der Waals surface area (Å²) in [6, 6.07) is 23.0. The summed E-state index contributed by atoms with van der Waals surface area (Å²) >= 11 is 0. The van der Waals surface area contributed by atoms with E-state index in [-0.39, 0.29) is 5.82 Å². The molecule has 0 heterocycles. The van der Waals surface area contributed by atoms with Crippen LogP contribution in [0.5, 0.6) is 11.5 Å². The molecule has 0 aliphatic rings. The lowest BCUT2D eigenvalue weighted by atomic mass is 9.92. The molecule has 0 radical (unpaired) electrons. The summed E-state index contributed by atoms with van der Waals surface area (Å²) in [5.74, 6) is 1.85. The van der Waals surface area contributed by atoms with Gasteiger partial charge in [-0.25, -0.2) is 4.39 Å². The van der Waals surface area contributed by atoms with E-state index in [1.807, 2.05) is 42.5 Å². The normalized spacial score (nSPS) is 11.8. The van der Waals surface area contributed by atoms with Crippen LogP contribution < -0.4 is 15.2 Å². The zero-order valence-electron chi connectivity index (χ0n) is 18.2. The van der Waals surface area contributed by atoms with Crippen LogP contribution >= 0.6 is 0 Å². The molecule has 3 rings (SSSR count). The van der Waals surface area contributed by atoms with Crippen molar-refractivity contribution in [2.45, 2.75) is 38.7 Å². The van der Waals surface area contributed by atoms with Crippen molar-refractivity contribution in [3.63, 3.8) is 0 Å². The SMILES string of the molecule is COc1ccc(CC(CN)CCCCc2ccc(F)cc2)c(OCc2ccccc2)c1. The zero-order valence-corrected chi connectivity index (χ0v) is 18.2. The van der Waals surface area contributed by atoms with Gasteiger partial charge in [-0.2, -0.15) is 0 Å². The first-order valence-electron chi connectivity index (χ1n) is 11.0. The highest BCUT2D eigenvalue weighted by Gasteiger charge is 2.13. The highest BCUT2D eigenvalue weighted by atomic mass is 19.1. The molecular weight excluding hydrogens is 389 g/mol. The first-order chi connectivity index (χ1) is 15.2. The van der Waals surface area contributed by atoms with Gasteiger partial charge in [0.15, 0.2) is 0 Å². The Kier molecular flexibility index (Phi) is 8.92. The molecule has 0 saturated heterocycles. The van der Waals surface area contributed by atoms with Crippen LogP contribution in [0.1, 0.15) is 36.0 Å². The summed E-state index contributed by atoms with van der Waals surface area (Å²) in [5, 5.41) is 0. The molecule has 1 atom stereocenters. The molecular formula is C27H32FNO2. The third kappa shape index (κ3) is 7.41. The average molecular weight is 422 g/mol. The molecule has 31 heavy (non-hydrogen) atoms. The van der Waals surface area contributed by atoms with Crippen LogP contribution in [0.3, 0.4) is 0 Å². The molecule has 1 unspecified atom stereocenters. The fraction of sp³-hybridized carbons (Fsp3) is 0.333. The highest BCUT2D eigenvalue weighted by molar-refractivity contribution is 5.41. The molecule has 0 aliphatic heterocycles. The Balaban J connectivity index is 1.56. The van der Waals surface area contributed by atoms with Crippen LogP contribution in [0, 0.1) is 11.7 Å². The molecule has 3 aromatic carbocycles. The smallest absolute Gasteiger partial charge is 0.126 e. The van der Waals surface area contributed by atoms with Gasteiger partial charge in [0, 0.05) is 6.07 Å². The maximum Gasteiger partial charge on any atom is 0.126 e. The van der Waals surface area contributed by atoms with Crippen molar-refractivity contribution >= 4 is 0 Å². The van der Waals surface area contributed by atoms with Gasteiger partial charge in [0.2, 0.25) is 0 Å². The van der Waals surface area contributed by atoms with Crippen molar-refractivity contribution < 1.29 is 13.9 Å². The minimum atomic E-state index is -0.184. The van der Waals surface area contributed by atoms with Crippen molar-refractivity contribution in [2.24, 2.45) is 11.7 Å². The average Bonchev–Trinajstić information content (AvgIpc) is 2.82. The quantitative estimate of drug-likeness (QED) is 0.368. The number of rotatable bonds is 12. The number of benzene rings is 3. The van der Waals surface area contributed by atoms with Crippen LogP contribution in [0.2, 0.25) is 0 Å². The van der Waals surface area contributed by atoms with Gasteiger partial charge in [0.05, 0.1) is 7.11 Å². The molecule has 164 valence electrons. The van der Waals surface area contributed by atoms with Crippen molar-refractivity contribution in [3.8, 4) is 11.5 Å². The van der Waals surface area contributed by atoms with E-state index in [1.54, 1.807) is 7.11 Å². The molecule has 2 N–H and O–H groups in total. The zero-order chi connectivity index (χ0) is 21.9. The summed E-state index contributed by atoms with van der Waals surface area (Å²) in [5.41, 5.74) is 9.56. The molecule has 0 spiro atoms. The van der Waals surface area contributed by atoms with E-state index in [9.17, 15) is 4.39 Å². The van der Waals surface area contributed by atoms with Gasteiger partial charge in [0.25, 0.3) is 0 Å². The number of ether oxygens (including phenoxy) is 2. The van der Waals surface area contributed by atoms with E-state index < -0.39 is 0 Å². The first-order valence-corrected chi connectivity index (χ1v) is 11.0. The van der Waals surface area contributed by atoms with Gasteiger partial charge in [-0.1, -0.05) is 55.0 Å². The van der Waals surface area contributed by atoms with E-state index in [4.69, 9.17) is 15.2 Å². The highest BCUT2D eigenvalue weighted by Crippen LogP contribution is 2.29. The van der Waals surface area contributed by atoms with Crippen molar-refractivity contribution in [1.82, 2.24) is 0 Å². The number of aryl methyl sites for hydroxylation is 1. The lowest BCUT2D eigenvalue weighted by Crippen LogP contribution is -2.17. The Hall–Kier alpha value is -2.85. The second-order valence-electron chi connectivity index (χ2n) is 7.93. The third-order valence-corrected chi connectivity index (χ3v) is 5.59. The number of hydrogen-bond donors (Lipinski definition) is 1. The monoisotopic (exact) mass is 421 g/mol. The Morgan fingerprint density at radius 1 is 0.903 bits per heavy atom. The molecule has 0 amide bonds. The standard InChI is InChI=1S/C27H32FNO2/c1-30-26-16-13-24(27(18-26)31-20-22-8-3-2-4-9-22)17-23(19-29)10-6-5-7-21-11-14-25(28)15-12-21/h2-4,8-9,11-16,18,23H,5-7,10,17,19-20,29H2,1H3. The van der Waals surface area contributed by atoms with Crippen molar-refractivity contribution in [3.05, 3.63) is 95.3 Å². The van der Waals surface area contributed by atoms with Gasteiger partial charge >= 0.3 is 0 Å². The Labute approximate surface area is 185 Å². The van der Waals surface area contributed by atoms with Gasteiger partial charge < -0.3 is 15.2 Å². The molecule has 3 aromatic rings. The van der Waals surface area contributed by atoms with Gasteiger partial charge in [-0.3, -0.25) is 0 Å². The molecule has 0 saturated carbocycles. The second-order valence-corrected chi connectivity index (χ2v) is 7.93. The first kappa shape index (κ1) is 22.8. The topological polar surface area (TPSA) is 44.5 Å². The van der Waals surface area contributed by atoms with Gasteiger partial charge in [-0.05, 0) is 73.0 Å². The van der Waals surface area contributed by atoms with Crippen LogP contribution in [-0.2, 0) is 19.4 Å². The maximum absolute atomic E-state index is 13.0. The maximum atomic E-state index is 13.0. The third-order valence-electron chi connectivity index (χ3n) is 5.59. The summed E-state index contributed by atoms with van der Waals surface area (Å²) in [4.78, 5) is 0. The van der Waals surface area contributed by atoms with Crippen molar-refractivity contribution in [1.29, 1.82) is 0 Å². The van der Waals surface area contributed by atoms with E-state index >= 15 is 0 Å². The largest absolute Gasteiger partial charge is 0.497 e. The fourth-order valence-corrected chi connectivity index (χ4v) is 3.73.